The number of hydrogen-bond donors (Lipinski definition) is 0. The van der Waals surface area contributed by atoms with Gasteiger partial charge in [-0.25, -0.2) is 4.79 Å². The van der Waals surface area contributed by atoms with Crippen LogP contribution in [0.5, 0.6) is 5.75 Å². The summed E-state index contributed by atoms with van der Waals surface area (Å²) in [6.45, 7) is 3.45. The van der Waals surface area contributed by atoms with Crippen LogP contribution in [-0.2, 0) is 14.2 Å². The predicted molar refractivity (Wildman–Crippen MR) is 65.9 cm³/mol. The Kier molecular flexibility index (Phi) is 6.83. The lowest BCUT2D eigenvalue weighted by Gasteiger charge is -2.06. The van der Waals surface area contributed by atoms with Crippen LogP contribution in [0.4, 0.5) is 4.79 Å². The van der Waals surface area contributed by atoms with Crippen molar-refractivity contribution in [2.24, 2.45) is 0 Å². The fourth-order valence-electron chi connectivity index (χ4n) is 1.16. The van der Waals surface area contributed by atoms with Gasteiger partial charge in [-0.1, -0.05) is 17.7 Å². The fraction of sp³-hybridized carbons (Fsp3) is 0.462. The molecule has 0 heterocycles. The van der Waals surface area contributed by atoms with Crippen LogP contribution in [0.2, 0.25) is 0 Å². The number of carbonyl (C=O) groups excluding carboxylic acids is 1. The van der Waals surface area contributed by atoms with E-state index in [1.807, 2.05) is 19.1 Å². The maximum atomic E-state index is 11.3. The third-order valence-electron chi connectivity index (χ3n) is 2.10. The number of benzene rings is 1. The third kappa shape index (κ3) is 6.22. The van der Waals surface area contributed by atoms with Crippen LogP contribution in [0.25, 0.3) is 0 Å². The third-order valence-corrected chi connectivity index (χ3v) is 2.10. The average Bonchev–Trinajstić information content (AvgIpc) is 2.36. The van der Waals surface area contributed by atoms with Gasteiger partial charge in [0.2, 0.25) is 0 Å². The number of hydrogen-bond acceptors (Lipinski definition) is 5. The van der Waals surface area contributed by atoms with Gasteiger partial charge in [-0.15, -0.1) is 0 Å². The molecule has 5 heteroatoms. The maximum Gasteiger partial charge on any atom is 0.513 e. The highest BCUT2D eigenvalue weighted by molar-refractivity contribution is 5.63. The first-order chi connectivity index (χ1) is 8.72. The van der Waals surface area contributed by atoms with E-state index in [9.17, 15) is 4.79 Å². The molecule has 0 aromatic heterocycles. The molecule has 1 aromatic carbocycles. The minimum Gasteiger partial charge on any atom is -0.432 e. The van der Waals surface area contributed by atoms with Gasteiger partial charge < -0.3 is 18.9 Å². The van der Waals surface area contributed by atoms with Crippen molar-refractivity contribution in [3.63, 3.8) is 0 Å². The van der Waals surface area contributed by atoms with Crippen LogP contribution >= 0.6 is 0 Å². The summed E-state index contributed by atoms with van der Waals surface area (Å²) in [6, 6.07) is 7.14. The zero-order chi connectivity index (χ0) is 13.2. The molecule has 0 aliphatic rings. The van der Waals surface area contributed by atoms with Crippen molar-refractivity contribution >= 4 is 6.16 Å². The second-order valence-corrected chi connectivity index (χ2v) is 3.62. The van der Waals surface area contributed by atoms with Crippen molar-refractivity contribution in [2.75, 3.05) is 33.5 Å². The molecule has 0 atom stereocenters. The summed E-state index contributed by atoms with van der Waals surface area (Å²) in [5, 5.41) is 0. The fourth-order valence-corrected chi connectivity index (χ4v) is 1.16. The van der Waals surface area contributed by atoms with Crippen molar-refractivity contribution < 1.29 is 23.7 Å². The Morgan fingerprint density at radius 1 is 1.06 bits per heavy atom. The lowest BCUT2D eigenvalue weighted by molar-refractivity contribution is 0.0313. The highest BCUT2D eigenvalue weighted by Crippen LogP contribution is 2.11. The first-order valence-electron chi connectivity index (χ1n) is 5.70. The Morgan fingerprint density at radius 2 is 1.72 bits per heavy atom. The van der Waals surface area contributed by atoms with Gasteiger partial charge in [0, 0.05) is 7.11 Å². The van der Waals surface area contributed by atoms with Crippen molar-refractivity contribution in [1.82, 2.24) is 0 Å². The number of rotatable bonds is 7. The minimum absolute atomic E-state index is 0.161. The Bertz CT molecular complexity index is 347. The molecule has 0 bridgehead atoms. The van der Waals surface area contributed by atoms with Gasteiger partial charge in [0.15, 0.2) is 0 Å². The summed E-state index contributed by atoms with van der Waals surface area (Å²) in [6.07, 6.45) is -0.728. The van der Waals surface area contributed by atoms with E-state index >= 15 is 0 Å². The molecule has 100 valence electrons. The molecule has 0 N–H and O–H groups in total. The Labute approximate surface area is 107 Å². The molecule has 0 fully saturated rings. The lowest BCUT2D eigenvalue weighted by Crippen LogP contribution is -2.15. The zero-order valence-electron chi connectivity index (χ0n) is 10.7. The van der Waals surface area contributed by atoms with Crippen LogP contribution < -0.4 is 4.74 Å². The summed E-state index contributed by atoms with van der Waals surface area (Å²) in [5.41, 5.74) is 1.10. The summed E-state index contributed by atoms with van der Waals surface area (Å²) in [7, 11) is 1.60. The lowest BCUT2D eigenvalue weighted by atomic mass is 10.2. The number of aryl methyl sites for hydroxylation is 1. The number of methoxy groups -OCH3 is 1. The summed E-state index contributed by atoms with van der Waals surface area (Å²) >= 11 is 0. The highest BCUT2D eigenvalue weighted by Gasteiger charge is 2.05. The minimum atomic E-state index is -0.728. The average molecular weight is 254 g/mol. The summed E-state index contributed by atoms with van der Waals surface area (Å²) in [5.74, 6) is 0.464. The Balaban J connectivity index is 2.12. The van der Waals surface area contributed by atoms with E-state index in [-0.39, 0.29) is 6.61 Å². The molecule has 0 aliphatic carbocycles. The first kappa shape index (κ1) is 14.5. The molecule has 0 amide bonds. The SMILES string of the molecule is COCCOCCOC(=O)Oc1ccc(C)cc1. The van der Waals surface area contributed by atoms with E-state index in [2.05, 4.69) is 0 Å². The molecule has 1 aromatic rings. The Morgan fingerprint density at radius 3 is 2.39 bits per heavy atom. The molecule has 0 radical (unpaired) electrons. The van der Waals surface area contributed by atoms with E-state index in [4.69, 9.17) is 18.9 Å². The topological polar surface area (TPSA) is 54.0 Å². The molecule has 0 aliphatic heterocycles. The normalized spacial score (nSPS) is 10.1. The highest BCUT2D eigenvalue weighted by atomic mass is 16.7. The van der Waals surface area contributed by atoms with Gasteiger partial charge >= 0.3 is 6.16 Å². The first-order valence-corrected chi connectivity index (χ1v) is 5.70. The van der Waals surface area contributed by atoms with Crippen molar-refractivity contribution in [2.45, 2.75) is 6.92 Å². The monoisotopic (exact) mass is 254 g/mol. The van der Waals surface area contributed by atoms with Crippen LogP contribution in [0.1, 0.15) is 5.56 Å². The smallest absolute Gasteiger partial charge is 0.432 e. The maximum absolute atomic E-state index is 11.3. The van der Waals surface area contributed by atoms with E-state index in [1.165, 1.54) is 0 Å². The summed E-state index contributed by atoms with van der Waals surface area (Å²) < 4.78 is 19.7. The van der Waals surface area contributed by atoms with E-state index in [1.54, 1.807) is 19.2 Å². The van der Waals surface area contributed by atoms with Crippen molar-refractivity contribution in [3.05, 3.63) is 29.8 Å². The van der Waals surface area contributed by atoms with E-state index in [0.717, 1.165) is 5.56 Å². The zero-order valence-corrected chi connectivity index (χ0v) is 10.7. The van der Waals surface area contributed by atoms with Crippen LogP contribution in [0.3, 0.4) is 0 Å². The van der Waals surface area contributed by atoms with Crippen LogP contribution in [0.15, 0.2) is 24.3 Å². The van der Waals surface area contributed by atoms with Gasteiger partial charge in [0.1, 0.15) is 12.4 Å². The molecular formula is C13H18O5. The molecular weight excluding hydrogens is 236 g/mol. The number of carbonyl (C=O) groups is 1. The van der Waals surface area contributed by atoms with E-state index < -0.39 is 6.16 Å². The van der Waals surface area contributed by atoms with Crippen molar-refractivity contribution in [1.29, 1.82) is 0 Å². The Hall–Kier alpha value is -1.59. The second-order valence-electron chi connectivity index (χ2n) is 3.62. The summed E-state index contributed by atoms with van der Waals surface area (Å²) in [4.78, 5) is 11.3. The number of ether oxygens (including phenoxy) is 4. The largest absolute Gasteiger partial charge is 0.513 e. The van der Waals surface area contributed by atoms with Gasteiger partial charge in [-0.05, 0) is 19.1 Å². The quantitative estimate of drug-likeness (QED) is 0.424. The second kappa shape index (κ2) is 8.49. The van der Waals surface area contributed by atoms with Gasteiger partial charge in [-0.2, -0.15) is 0 Å². The predicted octanol–water partition coefficient (Wildman–Crippen LogP) is 2.17. The molecule has 0 saturated carbocycles. The van der Waals surface area contributed by atoms with Crippen LogP contribution in [-0.4, -0.2) is 39.7 Å². The van der Waals surface area contributed by atoms with Gasteiger partial charge in [0.25, 0.3) is 0 Å². The van der Waals surface area contributed by atoms with Crippen LogP contribution in [0, 0.1) is 6.92 Å². The standard InChI is InChI=1S/C13H18O5/c1-11-3-5-12(6-4-11)18-13(14)17-10-9-16-8-7-15-2/h3-6H,7-10H2,1-2H3. The molecule has 0 spiro atoms. The molecule has 18 heavy (non-hydrogen) atoms. The molecule has 0 saturated heterocycles. The van der Waals surface area contributed by atoms with E-state index in [0.29, 0.717) is 25.6 Å². The van der Waals surface area contributed by atoms with Crippen molar-refractivity contribution in [3.8, 4) is 5.75 Å². The molecule has 1 rings (SSSR count). The van der Waals surface area contributed by atoms with Gasteiger partial charge in [-0.3, -0.25) is 0 Å². The molecule has 5 nitrogen and oxygen atoms in total. The van der Waals surface area contributed by atoms with Gasteiger partial charge in [0.05, 0.1) is 19.8 Å². The molecule has 0 unspecified atom stereocenters.